The van der Waals surface area contributed by atoms with Gasteiger partial charge in [-0.2, -0.15) is 0 Å². The SMILES string of the molecule is CCCCCCCCCCCCCCCCCCOC(=O)CCCC(=O)OCCCCCCCCCCCCCCCCCC.CN(C)CCOC(=O)O. The Morgan fingerprint density at radius 2 is 0.630 bits per heavy atom. The van der Waals surface area contributed by atoms with E-state index in [4.69, 9.17) is 14.6 Å². The van der Waals surface area contributed by atoms with E-state index in [0.717, 1.165) is 25.7 Å². The molecule has 0 unspecified atom stereocenters. The quantitative estimate of drug-likeness (QED) is 0.0372. The van der Waals surface area contributed by atoms with Gasteiger partial charge in [-0.1, -0.05) is 206 Å². The van der Waals surface area contributed by atoms with Gasteiger partial charge in [-0.25, -0.2) is 4.79 Å². The van der Waals surface area contributed by atoms with Crippen LogP contribution in [0.25, 0.3) is 0 Å². The van der Waals surface area contributed by atoms with Crippen LogP contribution in [0.4, 0.5) is 4.79 Å². The smallest absolute Gasteiger partial charge is 0.466 e. The minimum Gasteiger partial charge on any atom is -0.466 e. The van der Waals surface area contributed by atoms with Crippen LogP contribution in [-0.2, 0) is 23.8 Å². The first-order chi connectivity index (χ1) is 26.3. The van der Waals surface area contributed by atoms with E-state index in [-0.39, 0.29) is 18.5 Å². The molecule has 0 saturated carbocycles. The molecule has 8 nitrogen and oxygen atoms in total. The Hall–Kier alpha value is -1.83. The molecule has 54 heavy (non-hydrogen) atoms. The highest BCUT2D eigenvalue weighted by atomic mass is 16.7. The van der Waals surface area contributed by atoms with E-state index < -0.39 is 6.16 Å². The molecule has 0 spiro atoms. The standard InChI is InChI=1S/C41H80O4.C5H11NO3/c1-3-5-7-9-11-13-15-17-19-21-23-25-27-29-31-33-38-44-40(42)36-35-37-41(43)45-39-34-32-30-28-26-24-22-20-18-16-14-12-10-8-6-4-2;1-6(2)3-4-9-5(7)8/h3-39H2,1-2H3;3-4H2,1-2H3,(H,7,8). The summed E-state index contributed by atoms with van der Waals surface area (Å²) >= 11 is 0. The van der Waals surface area contributed by atoms with Gasteiger partial charge in [-0.3, -0.25) is 9.59 Å². The molecule has 0 aromatic carbocycles. The van der Waals surface area contributed by atoms with Crippen molar-refractivity contribution in [3.63, 3.8) is 0 Å². The number of ether oxygens (including phenoxy) is 3. The molecule has 0 aromatic heterocycles. The molecule has 322 valence electrons. The Balaban J connectivity index is 0. The fourth-order valence-corrected chi connectivity index (χ4v) is 6.51. The maximum Gasteiger partial charge on any atom is 0.505 e. The number of carbonyl (C=O) groups is 3. The van der Waals surface area contributed by atoms with Gasteiger partial charge in [0.2, 0.25) is 0 Å². The van der Waals surface area contributed by atoms with Crippen LogP contribution >= 0.6 is 0 Å². The molecule has 0 aliphatic heterocycles. The molecule has 0 aliphatic rings. The fraction of sp³-hybridized carbons (Fsp3) is 0.935. The zero-order valence-electron chi connectivity index (χ0n) is 36.4. The largest absolute Gasteiger partial charge is 0.505 e. The molecule has 0 heterocycles. The molecule has 8 heteroatoms. The number of unbranched alkanes of at least 4 members (excludes halogenated alkanes) is 30. The maximum atomic E-state index is 11.9. The lowest BCUT2D eigenvalue weighted by Crippen LogP contribution is -2.19. The molecule has 0 aromatic rings. The number of hydrogen-bond donors (Lipinski definition) is 1. The van der Waals surface area contributed by atoms with Gasteiger partial charge in [0.05, 0.1) is 13.2 Å². The second-order valence-corrected chi connectivity index (χ2v) is 15.8. The first kappa shape index (κ1) is 54.3. The first-order valence-corrected chi connectivity index (χ1v) is 23.1. The number of nitrogens with zero attached hydrogens (tertiary/aromatic N) is 1. The van der Waals surface area contributed by atoms with Gasteiger partial charge in [-0.05, 0) is 33.4 Å². The minimum absolute atomic E-state index is 0.179. The van der Waals surface area contributed by atoms with E-state index in [1.54, 1.807) is 0 Å². The molecular weight excluding hydrogens is 679 g/mol. The van der Waals surface area contributed by atoms with Crippen LogP contribution in [-0.4, -0.2) is 68.6 Å². The van der Waals surface area contributed by atoms with E-state index in [2.05, 4.69) is 18.6 Å². The van der Waals surface area contributed by atoms with Crippen molar-refractivity contribution in [2.75, 3.05) is 40.5 Å². The van der Waals surface area contributed by atoms with Crippen LogP contribution in [0, 0.1) is 0 Å². The second-order valence-electron chi connectivity index (χ2n) is 15.8. The summed E-state index contributed by atoms with van der Waals surface area (Å²) in [6, 6.07) is 0. The van der Waals surface area contributed by atoms with E-state index in [0.29, 0.717) is 39.0 Å². The van der Waals surface area contributed by atoms with Gasteiger partial charge in [-0.15, -0.1) is 0 Å². The summed E-state index contributed by atoms with van der Waals surface area (Å²) in [4.78, 5) is 35.5. The van der Waals surface area contributed by atoms with Crippen molar-refractivity contribution in [2.24, 2.45) is 0 Å². The van der Waals surface area contributed by atoms with Crippen LogP contribution in [0.3, 0.4) is 0 Å². The summed E-state index contributed by atoms with van der Waals surface area (Å²) in [6.45, 7) is 6.46. The monoisotopic (exact) mass is 770 g/mol. The molecule has 0 rings (SSSR count). The van der Waals surface area contributed by atoms with Crippen LogP contribution in [0.5, 0.6) is 0 Å². The predicted molar refractivity (Wildman–Crippen MR) is 227 cm³/mol. The van der Waals surface area contributed by atoms with Crippen molar-refractivity contribution in [3.05, 3.63) is 0 Å². The number of esters is 2. The van der Waals surface area contributed by atoms with E-state index in [1.807, 2.05) is 19.0 Å². The first-order valence-electron chi connectivity index (χ1n) is 23.1. The van der Waals surface area contributed by atoms with E-state index in [1.165, 1.54) is 180 Å². The van der Waals surface area contributed by atoms with Crippen molar-refractivity contribution < 1.29 is 33.7 Å². The summed E-state index contributed by atoms with van der Waals surface area (Å²) in [6.07, 6.45) is 42.8. The van der Waals surface area contributed by atoms with Crippen LogP contribution in [0.1, 0.15) is 239 Å². The average molecular weight is 770 g/mol. The normalized spacial score (nSPS) is 11.0. The summed E-state index contributed by atoms with van der Waals surface area (Å²) < 4.78 is 14.9. The third kappa shape index (κ3) is 52.3. The highest BCUT2D eigenvalue weighted by Crippen LogP contribution is 2.15. The highest BCUT2D eigenvalue weighted by Gasteiger charge is 2.07. The zero-order valence-corrected chi connectivity index (χ0v) is 36.4. The van der Waals surface area contributed by atoms with Gasteiger partial charge >= 0.3 is 18.1 Å². The highest BCUT2D eigenvalue weighted by molar-refractivity contribution is 5.72. The molecule has 1 N–H and O–H groups in total. The summed E-state index contributed by atoms with van der Waals surface area (Å²) in [5.41, 5.74) is 0. The molecule has 0 amide bonds. The third-order valence-corrected chi connectivity index (χ3v) is 10.0. The topological polar surface area (TPSA) is 102 Å². The molecule has 0 bridgehead atoms. The number of carboxylic acid groups (broad SMARTS) is 1. The van der Waals surface area contributed by atoms with Crippen molar-refractivity contribution >= 4 is 18.1 Å². The van der Waals surface area contributed by atoms with Crippen molar-refractivity contribution in [3.8, 4) is 0 Å². The van der Waals surface area contributed by atoms with E-state index in [9.17, 15) is 14.4 Å². The Kier molecular flexibility index (Phi) is 47.6. The molecule has 0 aliphatic carbocycles. The van der Waals surface area contributed by atoms with E-state index >= 15 is 0 Å². The van der Waals surface area contributed by atoms with Gasteiger partial charge in [0, 0.05) is 19.4 Å². The lowest BCUT2D eigenvalue weighted by molar-refractivity contribution is -0.145. The third-order valence-electron chi connectivity index (χ3n) is 10.0. The van der Waals surface area contributed by atoms with Gasteiger partial charge in [0.15, 0.2) is 0 Å². The molecular formula is C46H91NO7. The average Bonchev–Trinajstić information content (AvgIpc) is 3.14. The lowest BCUT2D eigenvalue weighted by atomic mass is 10.0. The van der Waals surface area contributed by atoms with Gasteiger partial charge in [0.25, 0.3) is 0 Å². The lowest BCUT2D eigenvalue weighted by Gasteiger charge is -2.06. The van der Waals surface area contributed by atoms with Crippen molar-refractivity contribution in [2.45, 2.75) is 239 Å². The molecule has 0 fully saturated rings. The Morgan fingerprint density at radius 1 is 0.370 bits per heavy atom. The number of rotatable bonds is 41. The fourth-order valence-electron chi connectivity index (χ4n) is 6.51. The van der Waals surface area contributed by atoms with Gasteiger partial charge < -0.3 is 24.2 Å². The summed E-state index contributed by atoms with van der Waals surface area (Å²) in [7, 11) is 3.70. The Labute approximate surface area is 335 Å². The second kappa shape index (κ2) is 47.3. The Bertz CT molecular complexity index is 726. The number of hydrogen-bond acceptors (Lipinski definition) is 7. The minimum atomic E-state index is -1.21. The summed E-state index contributed by atoms with van der Waals surface area (Å²) in [5, 5.41) is 7.99. The Morgan fingerprint density at radius 3 is 0.870 bits per heavy atom. The maximum absolute atomic E-state index is 11.9. The molecule has 0 saturated heterocycles. The summed E-state index contributed by atoms with van der Waals surface area (Å²) in [5.74, 6) is -0.358. The zero-order chi connectivity index (χ0) is 40.0. The van der Waals surface area contributed by atoms with Crippen LogP contribution in [0.2, 0.25) is 0 Å². The molecule has 0 atom stereocenters. The van der Waals surface area contributed by atoms with Crippen molar-refractivity contribution in [1.29, 1.82) is 0 Å². The number of likely N-dealkylation sites (N-methyl/N-ethyl adjacent to an activating group) is 1. The predicted octanol–water partition coefficient (Wildman–Crippen LogP) is 14.0. The number of carbonyl (C=O) groups excluding carboxylic acids is 2. The van der Waals surface area contributed by atoms with Crippen molar-refractivity contribution in [1.82, 2.24) is 4.90 Å². The van der Waals surface area contributed by atoms with Crippen LogP contribution < -0.4 is 0 Å². The van der Waals surface area contributed by atoms with Gasteiger partial charge in [0.1, 0.15) is 6.61 Å². The van der Waals surface area contributed by atoms with Crippen LogP contribution in [0.15, 0.2) is 0 Å². The molecule has 0 radical (unpaired) electrons.